The minimum atomic E-state index is -0.299. The van der Waals surface area contributed by atoms with Crippen molar-refractivity contribution in [3.05, 3.63) is 44.2 Å². The van der Waals surface area contributed by atoms with E-state index in [9.17, 15) is 4.79 Å². The Balaban J connectivity index is 1.44. The number of nitrogen functional groups attached to an aromatic ring is 1. The van der Waals surface area contributed by atoms with Gasteiger partial charge < -0.3 is 15.6 Å². The molecule has 0 saturated carbocycles. The number of aromatic nitrogens is 4. The summed E-state index contributed by atoms with van der Waals surface area (Å²) in [5, 5.41) is 15.5. The first-order valence-electron chi connectivity index (χ1n) is 9.14. The van der Waals surface area contributed by atoms with Gasteiger partial charge in [-0.2, -0.15) is 4.98 Å². The average molecular weight is 401 g/mol. The molecule has 9 nitrogen and oxygen atoms in total. The van der Waals surface area contributed by atoms with Crippen molar-refractivity contribution in [2.75, 3.05) is 12.3 Å². The van der Waals surface area contributed by atoms with Crippen LogP contribution in [0.2, 0.25) is 0 Å². The van der Waals surface area contributed by atoms with Gasteiger partial charge in [-0.3, -0.25) is 14.8 Å². The van der Waals surface area contributed by atoms with Crippen LogP contribution in [0.5, 0.6) is 0 Å². The normalized spacial score (nSPS) is 15.4. The quantitative estimate of drug-likeness (QED) is 0.597. The highest BCUT2D eigenvalue weighted by atomic mass is 32.1. The van der Waals surface area contributed by atoms with Crippen molar-refractivity contribution < 1.29 is 9.32 Å². The van der Waals surface area contributed by atoms with E-state index in [-0.39, 0.29) is 17.9 Å². The molecule has 4 N–H and O–H groups in total. The van der Waals surface area contributed by atoms with Gasteiger partial charge in [0.1, 0.15) is 11.6 Å². The molecule has 28 heavy (non-hydrogen) atoms. The molecule has 0 saturated heterocycles. The smallest absolute Gasteiger partial charge is 0.252 e. The summed E-state index contributed by atoms with van der Waals surface area (Å²) in [5.74, 6) is 1.48. The van der Waals surface area contributed by atoms with Crippen molar-refractivity contribution in [1.82, 2.24) is 30.6 Å². The maximum Gasteiger partial charge on any atom is 0.252 e. The highest BCUT2D eigenvalue weighted by molar-refractivity contribution is 7.10. The van der Waals surface area contributed by atoms with Gasteiger partial charge in [-0.15, -0.1) is 16.4 Å². The lowest BCUT2D eigenvalue weighted by Crippen LogP contribution is -2.32. The van der Waals surface area contributed by atoms with Gasteiger partial charge in [0.15, 0.2) is 0 Å². The Bertz CT molecular complexity index is 986. The Morgan fingerprint density at radius 2 is 2.32 bits per heavy atom. The molecule has 0 unspecified atom stereocenters. The fourth-order valence-corrected chi connectivity index (χ4v) is 4.60. The first-order valence-corrected chi connectivity index (χ1v) is 10.0. The summed E-state index contributed by atoms with van der Waals surface area (Å²) in [6, 6.07) is -0.299. The predicted molar refractivity (Wildman–Crippen MR) is 105 cm³/mol. The van der Waals surface area contributed by atoms with Crippen LogP contribution in [0.3, 0.4) is 0 Å². The molecule has 0 bridgehead atoms. The maximum absolute atomic E-state index is 12.8. The van der Waals surface area contributed by atoms with E-state index in [4.69, 9.17) is 10.3 Å². The number of nitrogens with zero attached hydrogens (tertiary/aromatic N) is 4. The van der Waals surface area contributed by atoms with Crippen LogP contribution in [0.1, 0.15) is 56.6 Å². The third kappa shape index (κ3) is 3.52. The molecular formula is C18H23N7O2S. The molecule has 0 spiro atoms. The van der Waals surface area contributed by atoms with Crippen molar-refractivity contribution in [3.8, 4) is 0 Å². The van der Waals surface area contributed by atoms with Crippen molar-refractivity contribution in [1.29, 1.82) is 0 Å². The van der Waals surface area contributed by atoms with E-state index in [0.29, 0.717) is 5.82 Å². The van der Waals surface area contributed by atoms with E-state index in [1.165, 1.54) is 4.88 Å². The van der Waals surface area contributed by atoms with Gasteiger partial charge in [-0.05, 0) is 32.8 Å². The molecule has 3 aromatic heterocycles. The van der Waals surface area contributed by atoms with Crippen LogP contribution in [0.15, 0.2) is 9.90 Å². The van der Waals surface area contributed by atoms with Crippen LogP contribution in [0.25, 0.3) is 0 Å². The van der Waals surface area contributed by atoms with Crippen LogP contribution >= 0.6 is 11.3 Å². The summed E-state index contributed by atoms with van der Waals surface area (Å²) in [5.41, 5.74) is 9.51. The monoisotopic (exact) mass is 401 g/mol. The minimum absolute atomic E-state index is 0.0980. The van der Waals surface area contributed by atoms with Gasteiger partial charge in [-0.1, -0.05) is 5.16 Å². The molecule has 10 heteroatoms. The number of H-pyrrole nitrogens is 1. The second-order valence-electron chi connectivity index (χ2n) is 7.09. The van der Waals surface area contributed by atoms with Gasteiger partial charge >= 0.3 is 0 Å². The van der Waals surface area contributed by atoms with Crippen molar-refractivity contribution in [2.45, 2.75) is 46.3 Å². The Labute approximate surface area is 166 Å². The second-order valence-corrected chi connectivity index (χ2v) is 8.05. The molecule has 0 aliphatic carbocycles. The van der Waals surface area contributed by atoms with Gasteiger partial charge in [0.25, 0.3) is 5.91 Å². The fraction of sp³-hybridized carbons (Fsp3) is 0.444. The van der Waals surface area contributed by atoms with E-state index in [1.54, 1.807) is 11.3 Å². The number of nitrogens with two attached hydrogens (primary N) is 1. The molecule has 4 rings (SSSR count). The zero-order valence-electron chi connectivity index (χ0n) is 16.1. The molecular weight excluding hydrogens is 378 g/mol. The third-order valence-corrected chi connectivity index (χ3v) is 6.12. The van der Waals surface area contributed by atoms with E-state index < -0.39 is 0 Å². The molecule has 0 radical (unpaired) electrons. The van der Waals surface area contributed by atoms with Gasteiger partial charge in [0, 0.05) is 35.5 Å². The second kappa shape index (κ2) is 7.36. The highest BCUT2D eigenvalue weighted by Gasteiger charge is 2.26. The molecule has 1 amide bonds. The largest absolute Gasteiger partial charge is 0.367 e. The summed E-state index contributed by atoms with van der Waals surface area (Å²) in [6.07, 6.45) is 0.842. The van der Waals surface area contributed by atoms with E-state index >= 15 is 0 Å². The van der Waals surface area contributed by atoms with Crippen molar-refractivity contribution in [2.24, 2.45) is 0 Å². The number of aromatic amines is 1. The molecule has 1 aliphatic rings. The lowest BCUT2D eigenvalue weighted by atomic mass is 10.0. The maximum atomic E-state index is 12.8. The standard InChI is InChI=1S/C18H23N7O2S/c1-9-13(11(3)27-24-9)6-25-5-4-12-14(8-28-15(12)7-25)17(26)20-10(2)16-21-18(19)23-22-16/h8,10H,4-7H2,1-3H3,(H,20,26)(H3,19,21,22,23)/t10-/m0/s1. The summed E-state index contributed by atoms with van der Waals surface area (Å²) in [4.78, 5) is 20.4. The number of carbonyl (C=O) groups excluding carboxylic acids is 1. The zero-order valence-corrected chi connectivity index (χ0v) is 16.9. The topological polar surface area (TPSA) is 126 Å². The number of carbonyl (C=O) groups is 1. The molecule has 0 aromatic carbocycles. The van der Waals surface area contributed by atoms with E-state index in [1.807, 2.05) is 26.2 Å². The number of anilines is 1. The Morgan fingerprint density at radius 1 is 1.50 bits per heavy atom. The third-order valence-electron chi connectivity index (χ3n) is 5.11. The number of aryl methyl sites for hydroxylation is 2. The van der Waals surface area contributed by atoms with Crippen LogP contribution in [-0.2, 0) is 19.5 Å². The number of fused-ring (bicyclic) bond motifs is 1. The Morgan fingerprint density at radius 3 is 3.00 bits per heavy atom. The predicted octanol–water partition coefficient (Wildman–Crippen LogP) is 2.10. The molecule has 0 fully saturated rings. The van der Waals surface area contributed by atoms with Crippen LogP contribution in [0.4, 0.5) is 5.95 Å². The number of hydrogen-bond acceptors (Lipinski definition) is 8. The molecule has 3 aromatic rings. The summed E-state index contributed by atoms with van der Waals surface area (Å²) in [6.45, 7) is 8.29. The summed E-state index contributed by atoms with van der Waals surface area (Å²) >= 11 is 1.63. The molecule has 148 valence electrons. The van der Waals surface area contributed by atoms with Crippen LogP contribution in [0, 0.1) is 13.8 Å². The Hall–Kier alpha value is -2.72. The SMILES string of the molecule is Cc1noc(C)c1CN1CCc2c(C(=O)N[C@@H](C)c3nc(N)n[nH]3)csc2C1. The minimum Gasteiger partial charge on any atom is -0.367 e. The van der Waals surface area contributed by atoms with E-state index in [0.717, 1.165) is 54.2 Å². The molecule has 4 heterocycles. The van der Waals surface area contributed by atoms with Crippen molar-refractivity contribution in [3.63, 3.8) is 0 Å². The summed E-state index contributed by atoms with van der Waals surface area (Å²) < 4.78 is 5.27. The average Bonchev–Trinajstić information content (AvgIpc) is 3.36. The van der Waals surface area contributed by atoms with E-state index in [2.05, 4.69) is 30.6 Å². The highest BCUT2D eigenvalue weighted by Crippen LogP contribution is 2.30. The molecule has 1 atom stereocenters. The van der Waals surface area contributed by atoms with Gasteiger partial charge in [0.2, 0.25) is 5.95 Å². The first kappa shape index (κ1) is 18.6. The number of hydrogen-bond donors (Lipinski definition) is 3. The van der Waals surface area contributed by atoms with Gasteiger partial charge in [-0.25, -0.2) is 0 Å². The van der Waals surface area contributed by atoms with Crippen LogP contribution < -0.4 is 11.1 Å². The van der Waals surface area contributed by atoms with Gasteiger partial charge in [0.05, 0.1) is 17.3 Å². The Kier molecular flexibility index (Phi) is 4.90. The lowest BCUT2D eigenvalue weighted by molar-refractivity contribution is 0.0937. The number of nitrogens with one attached hydrogen (secondary N) is 2. The van der Waals surface area contributed by atoms with Crippen molar-refractivity contribution >= 4 is 23.2 Å². The number of thiophene rings is 1. The lowest BCUT2D eigenvalue weighted by Gasteiger charge is -2.27. The summed E-state index contributed by atoms with van der Waals surface area (Å²) in [7, 11) is 0. The molecule has 1 aliphatic heterocycles. The fourth-order valence-electron chi connectivity index (χ4n) is 3.48. The zero-order chi connectivity index (χ0) is 19.8. The van der Waals surface area contributed by atoms with Crippen LogP contribution in [-0.4, -0.2) is 37.7 Å². The first-order chi connectivity index (χ1) is 13.4. The number of amides is 1. The number of rotatable bonds is 5.